The standard InChI is InChI=1S/C11H13F3/c1-9-4-2-5-10(8-9)6-3-7-11(12,13)14/h2,4-5,8H,3,6-7H2,1H3. The lowest BCUT2D eigenvalue weighted by Crippen LogP contribution is -2.07. The summed E-state index contributed by atoms with van der Waals surface area (Å²) in [5, 5.41) is 0. The van der Waals surface area contributed by atoms with Gasteiger partial charge in [-0.05, 0) is 25.3 Å². The number of rotatable bonds is 3. The predicted octanol–water partition coefficient (Wildman–Crippen LogP) is 3.88. The van der Waals surface area contributed by atoms with Crippen LogP contribution in [-0.4, -0.2) is 6.18 Å². The smallest absolute Gasteiger partial charge is 0.171 e. The van der Waals surface area contributed by atoms with Gasteiger partial charge in [-0.15, -0.1) is 0 Å². The van der Waals surface area contributed by atoms with Gasteiger partial charge >= 0.3 is 6.18 Å². The van der Waals surface area contributed by atoms with Crippen molar-refractivity contribution in [1.29, 1.82) is 0 Å². The summed E-state index contributed by atoms with van der Waals surface area (Å²) >= 11 is 0. The molecule has 1 aromatic carbocycles. The molecular weight excluding hydrogens is 189 g/mol. The molecule has 3 heteroatoms. The van der Waals surface area contributed by atoms with Gasteiger partial charge < -0.3 is 0 Å². The van der Waals surface area contributed by atoms with Gasteiger partial charge in [0.15, 0.2) is 0 Å². The molecular formula is C11H13F3. The van der Waals surface area contributed by atoms with E-state index in [1.54, 1.807) is 0 Å². The van der Waals surface area contributed by atoms with Crippen LogP contribution < -0.4 is 0 Å². The third kappa shape index (κ3) is 4.30. The summed E-state index contributed by atoms with van der Waals surface area (Å²) in [5.41, 5.74) is 2.07. The maximum atomic E-state index is 11.8. The second kappa shape index (κ2) is 4.49. The molecule has 0 heterocycles. The van der Waals surface area contributed by atoms with E-state index in [1.165, 1.54) is 0 Å². The van der Waals surface area contributed by atoms with Crippen molar-refractivity contribution in [2.24, 2.45) is 0 Å². The van der Waals surface area contributed by atoms with Crippen LogP contribution in [0.5, 0.6) is 0 Å². The Morgan fingerprint density at radius 2 is 1.93 bits per heavy atom. The molecule has 0 amide bonds. The van der Waals surface area contributed by atoms with E-state index in [4.69, 9.17) is 0 Å². The van der Waals surface area contributed by atoms with Crippen LogP contribution in [0.15, 0.2) is 24.3 Å². The van der Waals surface area contributed by atoms with E-state index in [0.717, 1.165) is 11.1 Å². The number of hydrogen-bond donors (Lipinski definition) is 0. The lowest BCUT2D eigenvalue weighted by molar-refractivity contribution is -0.135. The molecule has 0 nitrogen and oxygen atoms in total. The van der Waals surface area contributed by atoms with Crippen molar-refractivity contribution < 1.29 is 13.2 Å². The van der Waals surface area contributed by atoms with Crippen molar-refractivity contribution in [3.63, 3.8) is 0 Å². The molecule has 0 N–H and O–H groups in total. The summed E-state index contributed by atoms with van der Waals surface area (Å²) in [7, 11) is 0. The minimum Gasteiger partial charge on any atom is -0.171 e. The van der Waals surface area contributed by atoms with Crippen LogP contribution in [0.25, 0.3) is 0 Å². The zero-order chi connectivity index (χ0) is 10.6. The second-order valence-electron chi connectivity index (χ2n) is 3.46. The Morgan fingerprint density at radius 1 is 1.21 bits per heavy atom. The van der Waals surface area contributed by atoms with Crippen molar-refractivity contribution in [2.45, 2.75) is 32.4 Å². The van der Waals surface area contributed by atoms with Crippen LogP contribution in [0.1, 0.15) is 24.0 Å². The molecule has 0 saturated heterocycles. The van der Waals surface area contributed by atoms with Gasteiger partial charge in [-0.3, -0.25) is 0 Å². The average molecular weight is 202 g/mol. The first-order valence-corrected chi connectivity index (χ1v) is 4.60. The zero-order valence-electron chi connectivity index (χ0n) is 8.06. The molecule has 0 aliphatic carbocycles. The van der Waals surface area contributed by atoms with E-state index in [9.17, 15) is 13.2 Å². The number of aryl methyl sites for hydroxylation is 2. The van der Waals surface area contributed by atoms with E-state index in [1.807, 2.05) is 31.2 Å². The molecule has 0 aliphatic heterocycles. The molecule has 0 aliphatic rings. The fraction of sp³-hybridized carbons (Fsp3) is 0.455. The van der Waals surface area contributed by atoms with Gasteiger partial charge in [0.05, 0.1) is 0 Å². The Kier molecular flexibility index (Phi) is 3.55. The molecule has 0 fully saturated rings. The van der Waals surface area contributed by atoms with Crippen LogP contribution in [0.2, 0.25) is 0 Å². The van der Waals surface area contributed by atoms with E-state index >= 15 is 0 Å². The Bertz CT molecular complexity index is 289. The summed E-state index contributed by atoms with van der Waals surface area (Å²) in [4.78, 5) is 0. The molecule has 14 heavy (non-hydrogen) atoms. The van der Waals surface area contributed by atoms with Crippen LogP contribution in [-0.2, 0) is 6.42 Å². The van der Waals surface area contributed by atoms with Gasteiger partial charge in [-0.1, -0.05) is 29.8 Å². The highest BCUT2D eigenvalue weighted by Crippen LogP contribution is 2.22. The van der Waals surface area contributed by atoms with Crippen LogP contribution in [0.3, 0.4) is 0 Å². The Labute approximate surface area is 81.8 Å². The van der Waals surface area contributed by atoms with Gasteiger partial charge in [0, 0.05) is 6.42 Å². The van der Waals surface area contributed by atoms with Gasteiger partial charge in [0.1, 0.15) is 0 Å². The highest BCUT2D eigenvalue weighted by atomic mass is 19.4. The first-order valence-electron chi connectivity index (χ1n) is 4.60. The highest BCUT2D eigenvalue weighted by Gasteiger charge is 2.25. The van der Waals surface area contributed by atoms with Gasteiger partial charge in [0.25, 0.3) is 0 Å². The Balaban J connectivity index is 2.39. The summed E-state index contributed by atoms with van der Waals surface area (Å²) < 4.78 is 35.5. The van der Waals surface area contributed by atoms with E-state index in [2.05, 4.69) is 0 Å². The van der Waals surface area contributed by atoms with Crippen LogP contribution >= 0.6 is 0 Å². The molecule has 0 bridgehead atoms. The first kappa shape index (κ1) is 11.1. The first-order chi connectivity index (χ1) is 6.47. The SMILES string of the molecule is Cc1cccc(CCCC(F)(F)F)c1. The Morgan fingerprint density at radius 3 is 2.50 bits per heavy atom. The van der Waals surface area contributed by atoms with Crippen LogP contribution in [0, 0.1) is 6.92 Å². The quantitative estimate of drug-likeness (QED) is 0.697. The minimum atomic E-state index is -4.02. The monoisotopic (exact) mass is 202 g/mol. The average Bonchev–Trinajstić information content (AvgIpc) is 2.01. The summed E-state index contributed by atoms with van der Waals surface area (Å²) in [6.45, 7) is 1.94. The third-order valence-electron chi connectivity index (χ3n) is 2.01. The predicted molar refractivity (Wildman–Crippen MR) is 50.2 cm³/mol. The maximum Gasteiger partial charge on any atom is 0.389 e. The minimum absolute atomic E-state index is 0.174. The lowest BCUT2D eigenvalue weighted by atomic mass is 10.1. The molecule has 0 unspecified atom stereocenters. The highest BCUT2D eigenvalue weighted by molar-refractivity contribution is 5.22. The molecule has 0 aromatic heterocycles. The van der Waals surface area contributed by atoms with Gasteiger partial charge in [-0.2, -0.15) is 13.2 Å². The van der Waals surface area contributed by atoms with Crippen molar-refractivity contribution in [3.05, 3.63) is 35.4 Å². The summed E-state index contributed by atoms with van der Waals surface area (Å²) in [6.07, 6.45) is -4.04. The molecule has 1 rings (SSSR count). The van der Waals surface area contributed by atoms with E-state index < -0.39 is 12.6 Å². The van der Waals surface area contributed by atoms with Crippen LogP contribution in [0.4, 0.5) is 13.2 Å². The third-order valence-corrected chi connectivity index (χ3v) is 2.01. The normalized spacial score (nSPS) is 11.7. The Hall–Kier alpha value is -0.990. The maximum absolute atomic E-state index is 11.8. The van der Waals surface area contributed by atoms with Gasteiger partial charge in [0.2, 0.25) is 0 Å². The molecule has 78 valence electrons. The zero-order valence-corrected chi connectivity index (χ0v) is 8.06. The number of hydrogen-bond acceptors (Lipinski definition) is 0. The number of halogens is 3. The fourth-order valence-electron chi connectivity index (χ4n) is 1.36. The van der Waals surface area contributed by atoms with Crippen molar-refractivity contribution in [2.75, 3.05) is 0 Å². The number of alkyl halides is 3. The topological polar surface area (TPSA) is 0 Å². The lowest BCUT2D eigenvalue weighted by Gasteiger charge is -2.06. The van der Waals surface area contributed by atoms with Gasteiger partial charge in [-0.25, -0.2) is 0 Å². The molecule has 0 spiro atoms. The summed E-state index contributed by atoms with van der Waals surface area (Å²) in [5.74, 6) is 0. The molecule has 0 atom stereocenters. The van der Waals surface area contributed by atoms with E-state index in [0.29, 0.717) is 6.42 Å². The number of benzene rings is 1. The van der Waals surface area contributed by atoms with E-state index in [-0.39, 0.29) is 6.42 Å². The van der Waals surface area contributed by atoms with Crippen molar-refractivity contribution in [1.82, 2.24) is 0 Å². The largest absolute Gasteiger partial charge is 0.389 e. The fourth-order valence-corrected chi connectivity index (χ4v) is 1.36. The molecule has 0 saturated carbocycles. The van der Waals surface area contributed by atoms with Crippen molar-refractivity contribution >= 4 is 0 Å². The molecule has 1 aromatic rings. The molecule has 0 radical (unpaired) electrons. The van der Waals surface area contributed by atoms with Crippen molar-refractivity contribution in [3.8, 4) is 0 Å². The summed E-state index contributed by atoms with van der Waals surface area (Å²) in [6, 6.07) is 7.60. The second-order valence-corrected chi connectivity index (χ2v) is 3.46.